The molecule has 1 aromatic rings. The van der Waals surface area contributed by atoms with Gasteiger partial charge in [-0.25, -0.2) is 0 Å². The molecule has 0 saturated heterocycles. The van der Waals surface area contributed by atoms with Gasteiger partial charge in [0.05, 0.1) is 9.65 Å². The molecule has 0 saturated carbocycles. The first kappa shape index (κ1) is 11.3. The number of halogens is 2. The third-order valence-electron chi connectivity index (χ3n) is 1.73. The zero-order chi connectivity index (χ0) is 10.6. The molecule has 0 unspecified atom stereocenters. The molecule has 1 rings (SSSR count). The van der Waals surface area contributed by atoms with Crippen LogP contribution in [0.2, 0.25) is 0 Å². The van der Waals surface area contributed by atoms with Crippen LogP contribution in [-0.2, 0) is 0 Å². The summed E-state index contributed by atoms with van der Waals surface area (Å²) in [5.41, 5.74) is 2.39. The number of nitrogens with zero attached hydrogens (tertiary/aromatic N) is 1. The largest absolute Gasteiger partial charge is 0.411 e. The SMILES string of the molecule is CC(=NO)c1cccc(C=C(Cl)Br)c1. The van der Waals surface area contributed by atoms with Crippen molar-refractivity contribution in [3.63, 3.8) is 0 Å². The first-order valence-electron chi connectivity index (χ1n) is 3.95. The molecule has 4 heteroatoms. The zero-order valence-electron chi connectivity index (χ0n) is 7.54. The predicted molar refractivity (Wildman–Crippen MR) is 63.2 cm³/mol. The normalized spacial score (nSPS) is 13.1. The van der Waals surface area contributed by atoms with E-state index in [0.717, 1.165) is 11.1 Å². The van der Waals surface area contributed by atoms with Crippen LogP contribution in [0.25, 0.3) is 6.08 Å². The summed E-state index contributed by atoms with van der Waals surface area (Å²) in [6, 6.07) is 7.55. The van der Waals surface area contributed by atoms with Crippen LogP contribution >= 0.6 is 27.5 Å². The van der Waals surface area contributed by atoms with Gasteiger partial charge < -0.3 is 5.21 Å². The Kier molecular flexibility index (Phi) is 4.17. The van der Waals surface area contributed by atoms with Crippen LogP contribution in [0.3, 0.4) is 0 Å². The van der Waals surface area contributed by atoms with Crippen molar-refractivity contribution in [1.29, 1.82) is 0 Å². The van der Waals surface area contributed by atoms with Crippen molar-refractivity contribution in [3.05, 3.63) is 39.3 Å². The van der Waals surface area contributed by atoms with Crippen molar-refractivity contribution in [1.82, 2.24) is 0 Å². The molecule has 1 N–H and O–H groups in total. The average Bonchev–Trinajstić information content (AvgIpc) is 2.16. The van der Waals surface area contributed by atoms with Crippen molar-refractivity contribution in [2.75, 3.05) is 0 Å². The van der Waals surface area contributed by atoms with Crippen LogP contribution in [0.1, 0.15) is 18.1 Å². The second-order valence-electron chi connectivity index (χ2n) is 2.74. The van der Waals surface area contributed by atoms with E-state index >= 15 is 0 Å². The Morgan fingerprint density at radius 2 is 2.29 bits per heavy atom. The van der Waals surface area contributed by atoms with Crippen LogP contribution in [0.4, 0.5) is 0 Å². The highest BCUT2D eigenvalue weighted by Gasteiger charge is 1.98. The maximum atomic E-state index is 8.60. The lowest BCUT2D eigenvalue weighted by Crippen LogP contribution is -1.93. The Hall–Kier alpha value is -0.800. The fourth-order valence-corrected chi connectivity index (χ4v) is 1.43. The van der Waals surface area contributed by atoms with Gasteiger partial charge in [0, 0.05) is 0 Å². The molecule has 0 atom stereocenters. The van der Waals surface area contributed by atoms with Gasteiger partial charge in [-0.2, -0.15) is 0 Å². The monoisotopic (exact) mass is 273 g/mol. The van der Waals surface area contributed by atoms with E-state index in [9.17, 15) is 0 Å². The van der Waals surface area contributed by atoms with E-state index in [1.165, 1.54) is 0 Å². The molecule has 0 radical (unpaired) electrons. The van der Waals surface area contributed by atoms with Gasteiger partial charge in [-0.15, -0.1) is 0 Å². The van der Waals surface area contributed by atoms with Crippen LogP contribution < -0.4 is 0 Å². The molecule has 1 aromatic carbocycles. The summed E-state index contributed by atoms with van der Waals surface area (Å²) in [6.07, 6.45) is 1.77. The average molecular weight is 275 g/mol. The number of rotatable bonds is 2. The highest BCUT2D eigenvalue weighted by atomic mass is 79.9. The minimum absolute atomic E-state index is 0.535. The fraction of sp³-hybridized carbons (Fsp3) is 0.100. The second-order valence-corrected chi connectivity index (χ2v) is 4.46. The van der Waals surface area contributed by atoms with Gasteiger partial charge in [0.2, 0.25) is 0 Å². The van der Waals surface area contributed by atoms with Gasteiger partial charge in [-0.05, 0) is 46.1 Å². The van der Waals surface area contributed by atoms with E-state index in [1.807, 2.05) is 24.3 Å². The van der Waals surface area contributed by atoms with Crippen molar-refractivity contribution in [2.24, 2.45) is 5.16 Å². The highest BCUT2D eigenvalue weighted by Crippen LogP contribution is 2.16. The highest BCUT2D eigenvalue weighted by molar-refractivity contribution is 9.12. The number of oxime groups is 1. The molecule has 0 aliphatic carbocycles. The Balaban J connectivity index is 3.08. The van der Waals surface area contributed by atoms with E-state index < -0.39 is 0 Å². The quantitative estimate of drug-likeness (QED) is 0.496. The molecule has 0 aromatic heterocycles. The topological polar surface area (TPSA) is 32.6 Å². The lowest BCUT2D eigenvalue weighted by molar-refractivity contribution is 0.319. The molecule has 2 nitrogen and oxygen atoms in total. The van der Waals surface area contributed by atoms with Gasteiger partial charge in [0.25, 0.3) is 0 Å². The van der Waals surface area contributed by atoms with E-state index in [4.69, 9.17) is 16.8 Å². The molecule has 0 aliphatic heterocycles. The van der Waals surface area contributed by atoms with E-state index in [1.54, 1.807) is 13.0 Å². The standard InChI is InChI=1S/C10H9BrClNO/c1-7(13-14)9-4-2-3-8(5-9)6-10(11)12/h2-6,14H,1H3. The molecule has 14 heavy (non-hydrogen) atoms. The van der Waals surface area contributed by atoms with Crippen molar-refractivity contribution >= 4 is 39.3 Å². The van der Waals surface area contributed by atoms with Crippen molar-refractivity contribution in [3.8, 4) is 0 Å². The summed E-state index contributed by atoms with van der Waals surface area (Å²) in [5, 5.41) is 11.7. The Morgan fingerprint density at radius 3 is 2.86 bits per heavy atom. The third-order valence-corrected chi connectivity index (χ3v) is 2.07. The maximum Gasteiger partial charge on any atom is 0.0839 e. The van der Waals surface area contributed by atoms with Crippen LogP contribution in [0, 0.1) is 0 Å². The molecule has 0 bridgehead atoms. The van der Waals surface area contributed by atoms with Gasteiger partial charge in [0.1, 0.15) is 0 Å². The van der Waals surface area contributed by atoms with Gasteiger partial charge in [-0.1, -0.05) is 35.0 Å². The van der Waals surface area contributed by atoms with E-state index in [-0.39, 0.29) is 0 Å². The van der Waals surface area contributed by atoms with E-state index in [0.29, 0.717) is 9.65 Å². The van der Waals surface area contributed by atoms with Crippen molar-refractivity contribution in [2.45, 2.75) is 6.92 Å². The Morgan fingerprint density at radius 1 is 1.57 bits per heavy atom. The molecule has 0 fully saturated rings. The fourth-order valence-electron chi connectivity index (χ4n) is 1.04. The van der Waals surface area contributed by atoms with Crippen LogP contribution in [0.5, 0.6) is 0 Å². The minimum atomic E-state index is 0.535. The van der Waals surface area contributed by atoms with Crippen molar-refractivity contribution < 1.29 is 5.21 Å². The zero-order valence-corrected chi connectivity index (χ0v) is 9.88. The summed E-state index contributed by atoms with van der Waals surface area (Å²) in [5.74, 6) is 0. The number of hydrogen-bond acceptors (Lipinski definition) is 2. The predicted octanol–water partition coefficient (Wildman–Crippen LogP) is 3.82. The molecule has 0 heterocycles. The molecular formula is C10H9BrClNO. The smallest absolute Gasteiger partial charge is 0.0839 e. The van der Waals surface area contributed by atoms with Gasteiger partial charge >= 0.3 is 0 Å². The lowest BCUT2D eigenvalue weighted by atomic mass is 10.1. The summed E-state index contributed by atoms with van der Waals surface area (Å²) >= 11 is 8.81. The molecule has 74 valence electrons. The molecular weight excluding hydrogens is 265 g/mol. The molecule has 0 spiro atoms. The number of hydrogen-bond donors (Lipinski definition) is 1. The summed E-state index contributed by atoms with van der Waals surface area (Å²) in [7, 11) is 0. The lowest BCUT2D eigenvalue weighted by Gasteiger charge is -1.99. The Labute approximate surface area is 96.0 Å². The van der Waals surface area contributed by atoms with Gasteiger partial charge in [0.15, 0.2) is 0 Å². The summed E-state index contributed by atoms with van der Waals surface area (Å²) in [4.78, 5) is 0. The van der Waals surface area contributed by atoms with E-state index in [2.05, 4.69) is 21.1 Å². The first-order valence-corrected chi connectivity index (χ1v) is 5.12. The second kappa shape index (κ2) is 5.17. The van der Waals surface area contributed by atoms with Gasteiger partial charge in [-0.3, -0.25) is 0 Å². The summed E-state index contributed by atoms with van der Waals surface area (Å²) in [6.45, 7) is 1.73. The molecule has 0 amide bonds. The van der Waals surface area contributed by atoms with Crippen LogP contribution in [0.15, 0.2) is 33.4 Å². The maximum absolute atomic E-state index is 8.60. The number of benzene rings is 1. The molecule has 0 aliphatic rings. The minimum Gasteiger partial charge on any atom is -0.411 e. The van der Waals surface area contributed by atoms with Crippen LogP contribution in [-0.4, -0.2) is 10.9 Å². The third kappa shape index (κ3) is 3.16. The Bertz CT molecular complexity index is 383. The first-order chi connectivity index (χ1) is 6.63. The summed E-state index contributed by atoms with van der Waals surface area (Å²) < 4.78 is 0.535.